The molecule has 0 saturated carbocycles. The van der Waals surface area contributed by atoms with E-state index in [0.29, 0.717) is 23.4 Å². The number of hydrogen-bond acceptors (Lipinski definition) is 13. The van der Waals surface area contributed by atoms with Crippen LogP contribution in [0.25, 0.3) is 11.2 Å². The Morgan fingerprint density at radius 1 is 1.00 bits per heavy atom. The monoisotopic (exact) mass is 610 g/mol. The number of benzene rings is 1. The number of carboxylic acids is 3. The molecule has 1 aromatic carbocycles. The third kappa shape index (κ3) is 8.80. The summed E-state index contributed by atoms with van der Waals surface area (Å²) in [5, 5.41) is 28.6. The lowest BCUT2D eigenvalue weighted by Gasteiger charge is -2.19. The molecule has 1 amide bonds. The summed E-state index contributed by atoms with van der Waals surface area (Å²) in [5.41, 5.74) is 11.7. The summed E-state index contributed by atoms with van der Waals surface area (Å²) in [6.07, 6.45) is 0.964. The predicted molar refractivity (Wildman–Crippen MR) is 153 cm³/mol. The number of H-pyrrole nitrogens is 2. The fourth-order valence-corrected chi connectivity index (χ4v) is 3.61. The molecule has 230 valence electrons. The first-order chi connectivity index (χ1) is 20.7. The van der Waals surface area contributed by atoms with E-state index in [9.17, 15) is 33.9 Å². The Labute approximate surface area is 245 Å². The van der Waals surface area contributed by atoms with Crippen molar-refractivity contribution < 1.29 is 34.5 Å². The van der Waals surface area contributed by atoms with Gasteiger partial charge in [0.1, 0.15) is 11.7 Å². The minimum absolute atomic E-state index is 0.0138. The molecule has 0 radical (unpaired) electrons. The third-order valence-corrected chi connectivity index (χ3v) is 5.71. The number of carbonyl (C=O) groups excluding carboxylic acids is 1. The number of carbonyl (C=O) groups is 4. The minimum atomic E-state index is -1.34. The van der Waals surface area contributed by atoms with Crippen LogP contribution < -0.4 is 32.9 Å². The van der Waals surface area contributed by atoms with Crippen molar-refractivity contribution in [2.24, 2.45) is 0 Å². The zero-order chi connectivity index (χ0) is 32.6. The molecule has 0 aliphatic rings. The van der Waals surface area contributed by atoms with E-state index in [1.165, 1.54) is 12.1 Å². The first-order valence-electron chi connectivity index (χ1n) is 12.4. The molecule has 19 heteroatoms. The number of fused-ring (bicyclic) bond motifs is 1. The van der Waals surface area contributed by atoms with E-state index in [1.807, 2.05) is 21.9 Å². The van der Waals surface area contributed by atoms with E-state index >= 15 is 0 Å². The largest absolute Gasteiger partial charge is 0.481 e. The molecule has 0 aliphatic carbocycles. The number of aromatic carboxylic acids is 1. The number of aromatic nitrogens is 6. The van der Waals surface area contributed by atoms with Gasteiger partial charge in [-0.2, -0.15) is 9.97 Å². The summed E-state index contributed by atoms with van der Waals surface area (Å²) in [6.45, 7) is 0.370. The molecule has 0 spiro atoms. The van der Waals surface area contributed by atoms with Crippen LogP contribution in [-0.2, 0) is 16.1 Å². The van der Waals surface area contributed by atoms with Crippen LogP contribution in [0, 0.1) is 0 Å². The summed E-state index contributed by atoms with van der Waals surface area (Å²) in [6, 6.07) is 5.96. The molecule has 0 aliphatic heterocycles. The molecule has 3 aromatic heterocycles. The fraction of sp³-hybridized carbons (Fsp3) is 0.200. The highest BCUT2D eigenvalue weighted by Gasteiger charge is 2.21. The first kappa shape index (κ1) is 32.1. The predicted octanol–water partition coefficient (Wildman–Crippen LogP) is -0.970. The van der Waals surface area contributed by atoms with Gasteiger partial charge in [-0.1, -0.05) is 0 Å². The number of nitrogens with zero attached hydrogens (tertiary/aromatic N) is 5. The van der Waals surface area contributed by atoms with Gasteiger partial charge in [0.25, 0.3) is 11.5 Å². The van der Waals surface area contributed by atoms with Crippen LogP contribution in [0.5, 0.6) is 0 Å². The van der Waals surface area contributed by atoms with E-state index < -0.39 is 46.8 Å². The highest BCUT2D eigenvalue weighted by atomic mass is 16.4. The number of nitrogens with two attached hydrogens (primary N) is 2. The first-order valence-corrected chi connectivity index (χ1v) is 12.4. The van der Waals surface area contributed by atoms with Crippen molar-refractivity contribution in [1.29, 1.82) is 0 Å². The standard InChI is InChI=1S/C20H22N8O5.C5H4N2O4/c1-28(9-11-8-23-17-15(24-11)16(21)26-20(22)27-17)12-4-2-10(3-5-12)18(31)25-13(19(32)33)6-7-14(29)30;8-3-1-2(4(9)10)6-5(11)7-3/h2-5,8,13H,6-7,9H2,1H3,(H,25,31)(H,29,30)(H,32,33)(H4,21,22,23,26,27);1H,(H,9,10)(H2,6,7,8,11)/t13-;/m0./s1. The van der Waals surface area contributed by atoms with Crippen molar-refractivity contribution in [2.75, 3.05) is 23.4 Å². The number of anilines is 3. The lowest BCUT2D eigenvalue weighted by molar-refractivity contribution is -0.140. The summed E-state index contributed by atoms with van der Waals surface area (Å²) in [7, 11) is 1.82. The third-order valence-electron chi connectivity index (χ3n) is 5.71. The number of nitrogens with one attached hydrogen (secondary N) is 3. The Morgan fingerprint density at radius 2 is 1.68 bits per heavy atom. The van der Waals surface area contributed by atoms with Crippen LogP contribution in [0.1, 0.15) is 39.4 Å². The van der Waals surface area contributed by atoms with Gasteiger partial charge in [-0.3, -0.25) is 19.4 Å². The Hall–Kier alpha value is -6.40. The topological polar surface area (TPSA) is 314 Å². The number of amides is 1. The number of hydrogen-bond donors (Lipinski definition) is 8. The quantitative estimate of drug-likeness (QED) is 0.107. The van der Waals surface area contributed by atoms with Crippen LogP contribution in [-0.4, -0.2) is 82.1 Å². The Balaban J connectivity index is 0.000000404. The van der Waals surface area contributed by atoms with Gasteiger partial charge in [0.15, 0.2) is 17.0 Å². The summed E-state index contributed by atoms with van der Waals surface area (Å²) in [4.78, 5) is 87.6. The average molecular weight is 611 g/mol. The molecule has 1 atom stereocenters. The average Bonchev–Trinajstić information content (AvgIpc) is 2.95. The van der Waals surface area contributed by atoms with E-state index in [2.05, 4.69) is 25.3 Å². The maximum absolute atomic E-state index is 12.4. The van der Waals surface area contributed by atoms with Gasteiger partial charge >= 0.3 is 23.6 Å². The Morgan fingerprint density at radius 3 is 2.27 bits per heavy atom. The fourth-order valence-electron chi connectivity index (χ4n) is 3.61. The van der Waals surface area contributed by atoms with Gasteiger partial charge in [0.05, 0.1) is 18.4 Å². The van der Waals surface area contributed by atoms with Gasteiger partial charge in [0, 0.05) is 30.8 Å². The Kier molecular flexibility index (Phi) is 10.2. The van der Waals surface area contributed by atoms with Crippen molar-refractivity contribution in [3.63, 3.8) is 0 Å². The van der Waals surface area contributed by atoms with E-state index in [-0.39, 0.29) is 30.2 Å². The number of aliphatic carboxylic acids is 2. The van der Waals surface area contributed by atoms with Gasteiger partial charge < -0.3 is 42.0 Å². The van der Waals surface area contributed by atoms with E-state index in [1.54, 1.807) is 18.3 Å². The maximum atomic E-state index is 12.4. The van der Waals surface area contributed by atoms with Crippen molar-refractivity contribution >= 4 is 52.4 Å². The molecule has 0 saturated heterocycles. The highest BCUT2D eigenvalue weighted by Crippen LogP contribution is 2.19. The van der Waals surface area contributed by atoms with Crippen LogP contribution in [0.4, 0.5) is 17.5 Å². The molecule has 4 aromatic rings. The van der Waals surface area contributed by atoms with Crippen LogP contribution in [0.3, 0.4) is 0 Å². The van der Waals surface area contributed by atoms with Crippen molar-refractivity contribution in [1.82, 2.24) is 35.2 Å². The number of carboxylic acid groups (broad SMARTS) is 3. The lowest BCUT2D eigenvalue weighted by atomic mass is 10.1. The molecule has 44 heavy (non-hydrogen) atoms. The minimum Gasteiger partial charge on any atom is -0.481 e. The summed E-state index contributed by atoms with van der Waals surface area (Å²) < 4.78 is 0. The smallest absolute Gasteiger partial charge is 0.352 e. The van der Waals surface area contributed by atoms with Gasteiger partial charge in [-0.25, -0.2) is 24.4 Å². The van der Waals surface area contributed by atoms with Gasteiger partial charge in [-0.15, -0.1) is 0 Å². The second-order valence-electron chi connectivity index (χ2n) is 9.01. The molecule has 0 bridgehead atoms. The molecular weight excluding hydrogens is 584 g/mol. The van der Waals surface area contributed by atoms with Gasteiger partial charge in [-0.05, 0) is 30.7 Å². The van der Waals surface area contributed by atoms with E-state index in [0.717, 1.165) is 11.8 Å². The molecule has 19 nitrogen and oxygen atoms in total. The molecular formula is C25H26N10O9. The molecule has 4 rings (SSSR count). The second-order valence-corrected chi connectivity index (χ2v) is 9.01. The Bertz CT molecular complexity index is 1790. The van der Waals surface area contributed by atoms with Crippen LogP contribution >= 0.6 is 0 Å². The lowest BCUT2D eigenvalue weighted by Crippen LogP contribution is -2.41. The normalized spacial score (nSPS) is 11.1. The van der Waals surface area contributed by atoms with Crippen LogP contribution in [0.2, 0.25) is 0 Å². The summed E-state index contributed by atoms with van der Waals surface area (Å²) >= 11 is 0. The second kappa shape index (κ2) is 14.0. The highest BCUT2D eigenvalue weighted by molar-refractivity contribution is 5.97. The maximum Gasteiger partial charge on any atom is 0.352 e. The van der Waals surface area contributed by atoms with Crippen molar-refractivity contribution in [2.45, 2.75) is 25.4 Å². The summed E-state index contributed by atoms with van der Waals surface area (Å²) in [5.74, 6) is -4.25. The molecule has 10 N–H and O–H groups in total. The molecule has 0 fully saturated rings. The number of aromatic amines is 2. The number of nitrogen functional groups attached to an aromatic ring is 2. The van der Waals surface area contributed by atoms with E-state index in [4.69, 9.17) is 21.7 Å². The van der Waals surface area contributed by atoms with Crippen molar-refractivity contribution in [3.8, 4) is 0 Å². The van der Waals surface area contributed by atoms with Gasteiger partial charge in [0.2, 0.25) is 5.95 Å². The SMILES string of the molecule is CN(Cc1cnc2nc(N)nc(N)c2n1)c1ccc(C(=O)N[C@@H](CCC(=O)O)C(=O)O)cc1.O=C(O)c1cc(=O)[nH]c(=O)[nH]1. The van der Waals surface area contributed by atoms with Crippen molar-refractivity contribution in [3.05, 3.63) is 74.3 Å². The zero-order valence-electron chi connectivity index (χ0n) is 22.8. The number of rotatable bonds is 10. The van der Waals surface area contributed by atoms with Crippen LogP contribution in [0.15, 0.2) is 46.1 Å². The molecule has 0 unspecified atom stereocenters. The molecule has 3 heterocycles. The zero-order valence-corrected chi connectivity index (χ0v) is 22.8.